The summed E-state index contributed by atoms with van der Waals surface area (Å²) in [6, 6.07) is 1.46. The molecule has 88 valence electrons. The van der Waals surface area contributed by atoms with Crippen LogP contribution in [0.1, 0.15) is 39.9 Å². The number of anilines is 1. The number of carbonyl (C=O) groups is 2. The van der Waals surface area contributed by atoms with Gasteiger partial charge in [0.2, 0.25) is 0 Å². The predicted molar refractivity (Wildman–Crippen MR) is 64.3 cm³/mol. The average Bonchev–Trinajstić information content (AvgIpc) is 2.86. The molecule has 0 saturated carbocycles. The highest BCUT2D eigenvalue weighted by Crippen LogP contribution is 2.38. The molecule has 0 unspecified atom stereocenters. The van der Waals surface area contributed by atoms with E-state index in [1.165, 1.54) is 11.1 Å². The zero-order chi connectivity index (χ0) is 12.0. The first kappa shape index (κ1) is 10.3. The summed E-state index contributed by atoms with van der Waals surface area (Å²) in [5.74, 6) is 0.183. The van der Waals surface area contributed by atoms with Crippen LogP contribution in [0.15, 0.2) is 6.07 Å². The van der Waals surface area contributed by atoms with Gasteiger partial charge in [-0.3, -0.25) is 4.79 Å². The fraction of sp³-hybridized carbons (Fsp3) is 0.385. The topological polar surface area (TPSA) is 72.2 Å². The standard InChI is InChI=1S/C13H14N2O2/c14-13(17)15-12-8-3-1-2-7(8)6-10-9(12)4-5-11(10)16/h6H,1-5H2,(H3,14,15,17). The molecule has 0 radical (unpaired) electrons. The van der Waals surface area contributed by atoms with E-state index in [1.54, 1.807) is 0 Å². The molecule has 1 aromatic rings. The van der Waals surface area contributed by atoms with Crippen molar-refractivity contribution in [1.29, 1.82) is 0 Å². The van der Waals surface area contributed by atoms with Gasteiger partial charge in [-0.05, 0) is 48.4 Å². The van der Waals surface area contributed by atoms with E-state index in [9.17, 15) is 9.59 Å². The van der Waals surface area contributed by atoms with Gasteiger partial charge in [0, 0.05) is 17.7 Å². The molecule has 0 heterocycles. The Hall–Kier alpha value is -1.84. The Balaban J connectivity index is 2.20. The Morgan fingerprint density at radius 1 is 1.18 bits per heavy atom. The van der Waals surface area contributed by atoms with Gasteiger partial charge in [-0.1, -0.05) is 0 Å². The molecule has 0 bridgehead atoms. The molecule has 2 aliphatic carbocycles. The molecule has 4 nitrogen and oxygen atoms in total. The fourth-order valence-electron chi connectivity index (χ4n) is 2.95. The first-order chi connectivity index (χ1) is 8.16. The Labute approximate surface area is 99.2 Å². The predicted octanol–water partition coefficient (Wildman–Crippen LogP) is 1.79. The van der Waals surface area contributed by atoms with Crippen molar-refractivity contribution in [2.24, 2.45) is 5.73 Å². The highest BCUT2D eigenvalue weighted by molar-refractivity contribution is 6.04. The highest BCUT2D eigenvalue weighted by Gasteiger charge is 2.28. The van der Waals surface area contributed by atoms with Crippen LogP contribution in [-0.4, -0.2) is 11.8 Å². The number of amides is 2. The van der Waals surface area contributed by atoms with E-state index >= 15 is 0 Å². The first-order valence-corrected chi connectivity index (χ1v) is 5.94. The van der Waals surface area contributed by atoms with Crippen molar-refractivity contribution in [3.8, 4) is 0 Å². The van der Waals surface area contributed by atoms with Crippen LogP contribution in [0.2, 0.25) is 0 Å². The minimum atomic E-state index is -0.549. The molecule has 17 heavy (non-hydrogen) atoms. The van der Waals surface area contributed by atoms with Crippen LogP contribution in [0.25, 0.3) is 0 Å². The van der Waals surface area contributed by atoms with Gasteiger partial charge in [-0.15, -0.1) is 0 Å². The molecule has 2 amide bonds. The third kappa shape index (κ3) is 1.52. The first-order valence-electron chi connectivity index (χ1n) is 5.94. The number of primary amides is 1. The van der Waals surface area contributed by atoms with E-state index < -0.39 is 6.03 Å². The van der Waals surface area contributed by atoms with Gasteiger partial charge in [0.25, 0.3) is 0 Å². The lowest BCUT2D eigenvalue weighted by Gasteiger charge is -2.14. The summed E-state index contributed by atoms with van der Waals surface area (Å²) >= 11 is 0. The monoisotopic (exact) mass is 230 g/mol. The van der Waals surface area contributed by atoms with Gasteiger partial charge in [0.15, 0.2) is 5.78 Å². The smallest absolute Gasteiger partial charge is 0.316 e. The summed E-state index contributed by atoms with van der Waals surface area (Å²) in [4.78, 5) is 22.8. The Kier molecular flexibility index (Phi) is 2.18. The number of hydrogen-bond donors (Lipinski definition) is 2. The van der Waals surface area contributed by atoms with Crippen molar-refractivity contribution in [2.45, 2.75) is 32.1 Å². The van der Waals surface area contributed by atoms with Crippen LogP contribution in [0.4, 0.5) is 10.5 Å². The second-order valence-corrected chi connectivity index (χ2v) is 4.68. The second kappa shape index (κ2) is 3.58. The third-order valence-corrected chi connectivity index (χ3v) is 3.66. The zero-order valence-corrected chi connectivity index (χ0v) is 9.51. The minimum absolute atomic E-state index is 0.183. The van der Waals surface area contributed by atoms with Crippen LogP contribution < -0.4 is 11.1 Å². The summed E-state index contributed by atoms with van der Waals surface area (Å²) in [5, 5.41) is 2.71. The molecule has 4 heteroatoms. The number of carbonyl (C=O) groups excluding carboxylic acids is 2. The SMILES string of the molecule is NC(=O)Nc1c2c(cc3c1CCC3=O)CCC2. The molecule has 1 aromatic carbocycles. The molecular weight excluding hydrogens is 216 g/mol. The van der Waals surface area contributed by atoms with Gasteiger partial charge < -0.3 is 11.1 Å². The molecule has 0 fully saturated rings. The molecule has 0 aliphatic heterocycles. The number of Topliss-reactive ketones (excluding diaryl/α,β-unsaturated/α-hetero) is 1. The minimum Gasteiger partial charge on any atom is -0.351 e. The molecular formula is C13H14N2O2. The van der Waals surface area contributed by atoms with E-state index in [2.05, 4.69) is 5.32 Å². The summed E-state index contributed by atoms with van der Waals surface area (Å²) in [6.45, 7) is 0. The van der Waals surface area contributed by atoms with Crippen LogP contribution in [0.5, 0.6) is 0 Å². The van der Waals surface area contributed by atoms with E-state index in [4.69, 9.17) is 5.73 Å². The van der Waals surface area contributed by atoms with Crippen molar-refractivity contribution >= 4 is 17.5 Å². The van der Waals surface area contributed by atoms with Crippen molar-refractivity contribution in [3.63, 3.8) is 0 Å². The summed E-state index contributed by atoms with van der Waals surface area (Å²) in [5.41, 5.74) is 10.2. The van der Waals surface area contributed by atoms with E-state index in [0.29, 0.717) is 6.42 Å². The van der Waals surface area contributed by atoms with Crippen molar-refractivity contribution in [1.82, 2.24) is 0 Å². The number of urea groups is 1. The molecule has 0 spiro atoms. The summed E-state index contributed by atoms with van der Waals surface area (Å²) < 4.78 is 0. The largest absolute Gasteiger partial charge is 0.351 e. The molecule has 3 rings (SSSR count). The van der Waals surface area contributed by atoms with Gasteiger partial charge in [-0.2, -0.15) is 0 Å². The lowest BCUT2D eigenvalue weighted by Crippen LogP contribution is -2.21. The molecule has 2 aliphatic rings. The number of nitrogens with one attached hydrogen (secondary N) is 1. The second-order valence-electron chi connectivity index (χ2n) is 4.68. The van der Waals surface area contributed by atoms with E-state index in [1.807, 2.05) is 6.07 Å². The third-order valence-electron chi connectivity index (χ3n) is 3.66. The number of hydrogen-bond acceptors (Lipinski definition) is 2. The Bertz CT molecular complexity index is 535. The lowest BCUT2D eigenvalue weighted by molar-refractivity contribution is 0.0994. The number of aryl methyl sites for hydroxylation is 1. The Morgan fingerprint density at radius 2 is 2.00 bits per heavy atom. The normalized spacial score (nSPS) is 16.8. The summed E-state index contributed by atoms with van der Waals surface area (Å²) in [6.07, 6.45) is 4.30. The highest BCUT2D eigenvalue weighted by atomic mass is 16.2. The molecule has 0 atom stereocenters. The number of benzene rings is 1. The maximum absolute atomic E-state index is 11.8. The quantitative estimate of drug-likeness (QED) is 0.772. The maximum Gasteiger partial charge on any atom is 0.316 e. The fourth-order valence-corrected chi connectivity index (χ4v) is 2.95. The maximum atomic E-state index is 11.8. The van der Waals surface area contributed by atoms with Crippen molar-refractivity contribution < 1.29 is 9.59 Å². The zero-order valence-electron chi connectivity index (χ0n) is 9.51. The Morgan fingerprint density at radius 3 is 2.76 bits per heavy atom. The van der Waals surface area contributed by atoms with Crippen LogP contribution >= 0.6 is 0 Å². The van der Waals surface area contributed by atoms with Crippen molar-refractivity contribution in [2.75, 3.05) is 5.32 Å². The number of ketones is 1. The van der Waals surface area contributed by atoms with Crippen LogP contribution in [0.3, 0.4) is 0 Å². The van der Waals surface area contributed by atoms with Gasteiger partial charge >= 0.3 is 6.03 Å². The number of fused-ring (bicyclic) bond motifs is 2. The van der Waals surface area contributed by atoms with Crippen LogP contribution in [-0.2, 0) is 19.3 Å². The molecule has 0 aromatic heterocycles. The van der Waals surface area contributed by atoms with Crippen molar-refractivity contribution in [3.05, 3.63) is 28.3 Å². The van der Waals surface area contributed by atoms with E-state index in [-0.39, 0.29) is 5.78 Å². The van der Waals surface area contributed by atoms with Gasteiger partial charge in [0.1, 0.15) is 0 Å². The molecule has 3 N–H and O–H groups in total. The average molecular weight is 230 g/mol. The van der Waals surface area contributed by atoms with Crippen LogP contribution in [0, 0.1) is 0 Å². The summed E-state index contributed by atoms with van der Waals surface area (Å²) in [7, 11) is 0. The number of nitrogens with two attached hydrogens (primary N) is 1. The van der Waals surface area contributed by atoms with E-state index in [0.717, 1.165) is 42.5 Å². The number of rotatable bonds is 1. The van der Waals surface area contributed by atoms with Gasteiger partial charge in [0.05, 0.1) is 0 Å². The van der Waals surface area contributed by atoms with Gasteiger partial charge in [-0.25, -0.2) is 4.79 Å². The lowest BCUT2D eigenvalue weighted by atomic mass is 9.98. The molecule has 0 saturated heterocycles.